The standard InChI is InChI=1S/C16H20BrNS/c1-2-3-9-15(13-7-5-4-6-8-13)18-12-16-14(17)10-11-19-16/h4-8,10-11,15,18H,2-3,9,12H2,1H3. The number of hydrogen-bond donors (Lipinski definition) is 1. The van der Waals surface area contributed by atoms with Crippen LogP contribution in [0, 0.1) is 0 Å². The summed E-state index contributed by atoms with van der Waals surface area (Å²) in [5.74, 6) is 0. The zero-order valence-electron chi connectivity index (χ0n) is 11.2. The van der Waals surface area contributed by atoms with E-state index in [9.17, 15) is 0 Å². The minimum atomic E-state index is 0.454. The fraction of sp³-hybridized carbons (Fsp3) is 0.375. The molecule has 19 heavy (non-hydrogen) atoms. The Morgan fingerprint density at radius 2 is 2.00 bits per heavy atom. The van der Waals surface area contributed by atoms with E-state index in [1.807, 2.05) is 0 Å². The van der Waals surface area contributed by atoms with E-state index in [-0.39, 0.29) is 0 Å². The molecule has 1 aromatic heterocycles. The maximum atomic E-state index is 3.69. The third-order valence-electron chi connectivity index (χ3n) is 3.25. The van der Waals surface area contributed by atoms with Crippen molar-refractivity contribution >= 4 is 27.3 Å². The van der Waals surface area contributed by atoms with E-state index in [1.165, 1.54) is 34.2 Å². The van der Waals surface area contributed by atoms with Crippen LogP contribution in [0.4, 0.5) is 0 Å². The first-order chi connectivity index (χ1) is 9.31. The van der Waals surface area contributed by atoms with E-state index in [2.05, 4.69) is 69.9 Å². The zero-order valence-corrected chi connectivity index (χ0v) is 13.6. The van der Waals surface area contributed by atoms with Crippen LogP contribution in [-0.4, -0.2) is 0 Å². The molecule has 1 nitrogen and oxygen atoms in total. The molecule has 0 spiro atoms. The molecule has 0 aliphatic heterocycles. The van der Waals surface area contributed by atoms with Crippen molar-refractivity contribution in [2.24, 2.45) is 0 Å². The van der Waals surface area contributed by atoms with Crippen molar-refractivity contribution in [3.8, 4) is 0 Å². The summed E-state index contributed by atoms with van der Waals surface area (Å²) < 4.78 is 1.22. The molecule has 0 bridgehead atoms. The van der Waals surface area contributed by atoms with Crippen molar-refractivity contribution in [1.82, 2.24) is 5.32 Å². The van der Waals surface area contributed by atoms with Crippen LogP contribution in [0.3, 0.4) is 0 Å². The number of thiophene rings is 1. The number of halogens is 1. The first-order valence-corrected chi connectivity index (χ1v) is 8.48. The molecule has 1 atom stereocenters. The lowest BCUT2D eigenvalue weighted by Gasteiger charge is -2.19. The summed E-state index contributed by atoms with van der Waals surface area (Å²) in [7, 11) is 0. The van der Waals surface area contributed by atoms with Crippen LogP contribution in [-0.2, 0) is 6.54 Å². The fourth-order valence-corrected chi connectivity index (χ4v) is 3.59. The van der Waals surface area contributed by atoms with E-state index in [1.54, 1.807) is 11.3 Å². The summed E-state index contributed by atoms with van der Waals surface area (Å²) in [6.07, 6.45) is 3.70. The van der Waals surface area contributed by atoms with Crippen LogP contribution in [0.15, 0.2) is 46.3 Å². The van der Waals surface area contributed by atoms with E-state index in [0.29, 0.717) is 6.04 Å². The second kappa shape index (κ2) is 7.83. The monoisotopic (exact) mass is 337 g/mol. The first-order valence-electron chi connectivity index (χ1n) is 6.81. The Kier molecular flexibility index (Phi) is 6.08. The van der Waals surface area contributed by atoms with Gasteiger partial charge in [0, 0.05) is 21.9 Å². The van der Waals surface area contributed by atoms with E-state index >= 15 is 0 Å². The molecule has 3 heteroatoms. The summed E-state index contributed by atoms with van der Waals surface area (Å²) in [6.45, 7) is 3.18. The SMILES string of the molecule is CCCCC(NCc1sccc1Br)c1ccccc1. The summed E-state index contributed by atoms with van der Waals surface area (Å²) >= 11 is 5.40. The summed E-state index contributed by atoms with van der Waals surface area (Å²) in [6, 6.07) is 13.3. The highest BCUT2D eigenvalue weighted by Gasteiger charge is 2.11. The molecular formula is C16H20BrNS. The molecule has 0 aliphatic rings. The quantitative estimate of drug-likeness (QED) is 0.700. The van der Waals surface area contributed by atoms with Crippen molar-refractivity contribution in [3.63, 3.8) is 0 Å². The van der Waals surface area contributed by atoms with Gasteiger partial charge < -0.3 is 5.32 Å². The van der Waals surface area contributed by atoms with Crippen LogP contribution in [0.1, 0.15) is 42.7 Å². The van der Waals surface area contributed by atoms with Gasteiger partial charge >= 0.3 is 0 Å². The summed E-state index contributed by atoms with van der Waals surface area (Å²) in [5, 5.41) is 5.82. The van der Waals surface area contributed by atoms with Gasteiger partial charge in [0.2, 0.25) is 0 Å². The highest BCUT2D eigenvalue weighted by molar-refractivity contribution is 9.10. The largest absolute Gasteiger partial charge is 0.305 e. The third-order valence-corrected chi connectivity index (χ3v) is 5.17. The van der Waals surface area contributed by atoms with Gasteiger partial charge in [-0.05, 0) is 39.4 Å². The van der Waals surface area contributed by atoms with Crippen LogP contribution in [0.2, 0.25) is 0 Å². The van der Waals surface area contributed by atoms with Crippen LogP contribution >= 0.6 is 27.3 Å². The predicted molar refractivity (Wildman–Crippen MR) is 87.6 cm³/mol. The topological polar surface area (TPSA) is 12.0 Å². The molecule has 0 fully saturated rings. The molecule has 1 unspecified atom stereocenters. The van der Waals surface area contributed by atoms with Gasteiger partial charge in [-0.15, -0.1) is 11.3 Å². The number of hydrogen-bond acceptors (Lipinski definition) is 2. The Labute approximate surface area is 128 Å². The maximum absolute atomic E-state index is 3.69. The Morgan fingerprint density at radius 1 is 1.21 bits per heavy atom. The predicted octanol–water partition coefficient (Wildman–Crippen LogP) is 5.53. The zero-order chi connectivity index (χ0) is 13.5. The molecule has 102 valence electrons. The highest BCUT2D eigenvalue weighted by atomic mass is 79.9. The second-order valence-electron chi connectivity index (χ2n) is 4.68. The molecule has 1 N–H and O–H groups in total. The van der Waals surface area contributed by atoms with Crippen molar-refractivity contribution in [3.05, 3.63) is 56.7 Å². The molecule has 0 saturated heterocycles. The lowest BCUT2D eigenvalue weighted by atomic mass is 10.0. The fourth-order valence-electron chi connectivity index (χ4n) is 2.15. The average molecular weight is 338 g/mol. The molecule has 0 aliphatic carbocycles. The van der Waals surface area contributed by atoms with Crippen molar-refractivity contribution in [2.45, 2.75) is 38.8 Å². The van der Waals surface area contributed by atoms with Crippen LogP contribution in [0.25, 0.3) is 0 Å². The second-order valence-corrected chi connectivity index (χ2v) is 6.53. The van der Waals surface area contributed by atoms with E-state index < -0.39 is 0 Å². The van der Waals surface area contributed by atoms with Crippen molar-refractivity contribution in [2.75, 3.05) is 0 Å². The van der Waals surface area contributed by atoms with Gasteiger partial charge in [0.1, 0.15) is 0 Å². The lowest BCUT2D eigenvalue weighted by molar-refractivity contribution is 0.482. The Bertz CT molecular complexity index is 481. The summed E-state index contributed by atoms with van der Waals surface area (Å²) in [5.41, 5.74) is 1.39. The van der Waals surface area contributed by atoms with Gasteiger partial charge in [0.15, 0.2) is 0 Å². The molecule has 0 amide bonds. The van der Waals surface area contributed by atoms with Crippen molar-refractivity contribution in [1.29, 1.82) is 0 Å². The van der Waals surface area contributed by atoms with E-state index in [4.69, 9.17) is 0 Å². The van der Waals surface area contributed by atoms with E-state index in [0.717, 1.165) is 6.54 Å². The van der Waals surface area contributed by atoms with Gasteiger partial charge in [-0.3, -0.25) is 0 Å². The van der Waals surface area contributed by atoms with Gasteiger partial charge in [0.25, 0.3) is 0 Å². The minimum Gasteiger partial charge on any atom is -0.305 e. The van der Waals surface area contributed by atoms with Gasteiger partial charge in [-0.1, -0.05) is 50.1 Å². The summed E-state index contributed by atoms with van der Waals surface area (Å²) in [4.78, 5) is 1.37. The third kappa shape index (κ3) is 4.44. The van der Waals surface area contributed by atoms with Crippen LogP contribution in [0.5, 0.6) is 0 Å². The molecule has 1 aromatic carbocycles. The molecule has 0 radical (unpaired) electrons. The highest BCUT2D eigenvalue weighted by Crippen LogP contribution is 2.25. The number of unbranched alkanes of at least 4 members (excludes halogenated alkanes) is 1. The number of rotatable bonds is 7. The molecular weight excluding hydrogens is 318 g/mol. The first kappa shape index (κ1) is 14.8. The van der Waals surface area contributed by atoms with Gasteiger partial charge in [-0.25, -0.2) is 0 Å². The average Bonchev–Trinajstić information content (AvgIpc) is 2.85. The molecule has 2 rings (SSSR count). The lowest BCUT2D eigenvalue weighted by Crippen LogP contribution is -2.20. The maximum Gasteiger partial charge on any atom is 0.0327 e. The number of nitrogens with one attached hydrogen (secondary N) is 1. The normalized spacial score (nSPS) is 12.5. The number of benzene rings is 1. The Hall–Kier alpha value is -0.640. The van der Waals surface area contributed by atoms with Crippen molar-refractivity contribution < 1.29 is 0 Å². The minimum absolute atomic E-state index is 0.454. The molecule has 1 heterocycles. The Morgan fingerprint density at radius 3 is 2.63 bits per heavy atom. The molecule has 2 aromatic rings. The van der Waals surface area contributed by atoms with Crippen LogP contribution < -0.4 is 5.32 Å². The molecule has 0 saturated carbocycles. The van der Waals surface area contributed by atoms with Gasteiger partial charge in [-0.2, -0.15) is 0 Å². The Balaban J connectivity index is 2.00. The smallest absolute Gasteiger partial charge is 0.0327 e. The van der Waals surface area contributed by atoms with Gasteiger partial charge in [0.05, 0.1) is 0 Å².